The van der Waals surface area contributed by atoms with Gasteiger partial charge in [0.2, 0.25) is 5.91 Å². The van der Waals surface area contributed by atoms with Crippen molar-refractivity contribution in [3.05, 3.63) is 36.8 Å². The van der Waals surface area contributed by atoms with Crippen LogP contribution in [0.25, 0.3) is 20.9 Å². The summed E-state index contributed by atoms with van der Waals surface area (Å²) in [5.74, 6) is 0.0631. The van der Waals surface area contributed by atoms with E-state index in [2.05, 4.69) is 15.0 Å². The maximum Gasteiger partial charge on any atom is 0.226 e. The molecule has 0 bridgehead atoms. The summed E-state index contributed by atoms with van der Waals surface area (Å²) in [5, 5.41) is 0.882. The Labute approximate surface area is 126 Å². The number of nitrogens with zero attached hydrogens (tertiary/aromatic N) is 4. The maximum absolute atomic E-state index is 11.8. The van der Waals surface area contributed by atoms with Crippen molar-refractivity contribution >= 4 is 33.3 Å². The van der Waals surface area contributed by atoms with Gasteiger partial charge in [0, 0.05) is 31.4 Å². The molecule has 0 spiro atoms. The van der Waals surface area contributed by atoms with Gasteiger partial charge in [-0.2, -0.15) is 0 Å². The highest BCUT2D eigenvalue weighted by Crippen LogP contribution is 2.30. The highest BCUT2D eigenvalue weighted by atomic mass is 32.1. The number of amides is 1. The van der Waals surface area contributed by atoms with Crippen molar-refractivity contribution in [2.45, 2.75) is 13.3 Å². The van der Waals surface area contributed by atoms with Gasteiger partial charge in [-0.1, -0.05) is 6.92 Å². The van der Waals surface area contributed by atoms with Crippen LogP contribution in [-0.2, 0) is 4.79 Å². The minimum absolute atomic E-state index is 0.0631. The Hall–Kier alpha value is -2.34. The molecule has 0 saturated carbocycles. The van der Waals surface area contributed by atoms with Crippen LogP contribution in [0.5, 0.6) is 0 Å². The standard InChI is InChI=1S/C15H14N4OS/c1-3-13(20)19(2)11-7-12-14(17-9-11)18-15(21-12)10-5-4-6-16-8-10/h4-9H,3H2,1-2H3. The van der Waals surface area contributed by atoms with Crippen molar-refractivity contribution < 1.29 is 4.79 Å². The van der Waals surface area contributed by atoms with Gasteiger partial charge in [-0.15, -0.1) is 11.3 Å². The second-order valence-corrected chi connectivity index (χ2v) is 5.61. The van der Waals surface area contributed by atoms with E-state index in [1.165, 1.54) is 0 Å². The molecule has 106 valence electrons. The summed E-state index contributed by atoms with van der Waals surface area (Å²) in [6.45, 7) is 1.85. The number of pyridine rings is 2. The average molecular weight is 298 g/mol. The number of carbonyl (C=O) groups is 1. The van der Waals surface area contributed by atoms with Crippen LogP contribution in [0.2, 0.25) is 0 Å². The zero-order valence-corrected chi connectivity index (χ0v) is 12.6. The predicted octanol–water partition coefficient (Wildman–Crippen LogP) is 3.13. The summed E-state index contributed by atoms with van der Waals surface area (Å²) in [4.78, 5) is 26.3. The lowest BCUT2D eigenvalue weighted by molar-refractivity contribution is -0.118. The van der Waals surface area contributed by atoms with Crippen molar-refractivity contribution in [1.29, 1.82) is 0 Å². The summed E-state index contributed by atoms with van der Waals surface area (Å²) in [6.07, 6.45) is 5.67. The molecular weight excluding hydrogens is 284 g/mol. The monoisotopic (exact) mass is 298 g/mol. The first kappa shape index (κ1) is 13.6. The van der Waals surface area contributed by atoms with E-state index in [1.54, 1.807) is 41.9 Å². The number of hydrogen-bond acceptors (Lipinski definition) is 5. The van der Waals surface area contributed by atoms with E-state index in [1.807, 2.05) is 25.1 Å². The molecule has 0 aromatic carbocycles. The highest BCUT2D eigenvalue weighted by molar-refractivity contribution is 7.21. The van der Waals surface area contributed by atoms with Gasteiger partial charge in [-0.05, 0) is 18.2 Å². The van der Waals surface area contributed by atoms with E-state index in [-0.39, 0.29) is 5.91 Å². The van der Waals surface area contributed by atoms with Gasteiger partial charge in [0.1, 0.15) is 5.01 Å². The first-order chi connectivity index (χ1) is 10.2. The van der Waals surface area contributed by atoms with Crippen molar-refractivity contribution in [3.8, 4) is 10.6 Å². The molecule has 3 aromatic heterocycles. The molecule has 0 aliphatic heterocycles. The number of fused-ring (bicyclic) bond motifs is 1. The Balaban J connectivity index is 2.01. The first-order valence-corrected chi connectivity index (χ1v) is 7.44. The Morgan fingerprint density at radius 1 is 1.38 bits per heavy atom. The van der Waals surface area contributed by atoms with Crippen LogP contribution in [-0.4, -0.2) is 27.9 Å². The summed E-state index contributed by atoms with van der Waals surface area (Å²) in [6, 6.07) is 5.81. The third-order valence-electron chi connectivity index (χ3n) is 3.20. The lowest BCUT2D eigenvalue weighted by Gasteiger charge is -2.15. The molecule has 0 radical (unpaired) electrons. The van der Waals surface area contributed by atoms with Crippen LogP contribution in [0.3, 0.4) is 0 Å². The number of carbonyl (C=O) groups excluding carboxylic acids is 1. The van der Waals surface area contributed by atoms with Gasteiger partial charge < -0.3 is 4.90 Å². The van der Waals surface area contributed by atoms with Crippen LogP contribution in [0.15, 0.2) is 36.8 Å². The fourth-order valence-corrected chi connectivity index (χ4v) is 2.93. The second-order valence-electron chi connectivity index (χ2n) is 4.58. The molecule has 5 nitrogen and oxygen atoms in total. The molecule has 0 aliphatic carbocycles. The Morgan fingerprint density at radius 2 is 2.24 bits per heavy atom. The summed E-state index contributed by atoms with van der Waals surface area (Å²) < 4.78 is 0.960. The molecule has 3 rings (SSSR count). The van der Waals surface area contributed by atoms with Crippen LogP contribution >= 0.6 is 11.3 Å². The summed E-state index contributed by atoms with van der Waals surface area (Å²) >= 11 is 1.55. The molecule has 0 fully saturated rings. The van der Waals surface area contributed by atoms with Crippen LogP contribution < -0.4 is 4.90 Å². The molecular formula is C15H14N4OS. The van der Waals surface area contributed by atoms with Gasteiger partial charge in [0.05, 0.1) is 16.6 Å². The molecule has 3 aromatic rings. The summed E-state index contributed by atoms with van der Waals surface area (Å²) in [7, 11) is 1.76. The van der Waals surface area contributed by atoms with Crippen LogP contribution in [0, 0.1) is 0 Å². The molecule has 0 N–H and O–H groups in total. The summed E-state index contributed by atoms with van der Waals surface area (Å²) in [5.41, 5.74) is 2.45. The first-order valence-electron chi connectivity index (χ1n) is 6.62. The van der Waals surface area contributed by atoms with E-state index in [0.29, 0.717) is 12.1 Å². The van der Waals surface area contributed by atoms with Crippen molar-refractivity contribution in [2.24, 2.45) is 0 Å². The fourth-order valence-electron chi connectivity index (χ4n) is 1.99. The lowest BCUT2D eigenvalue weighted by atomic mass is 10.3. The minimum Gasteiger partial charge on any atom is -0.314 e. The third kappa shape index (κ3) is 2.62. The number of thiazole rings is 1. The van der Waals surface area contributed by atoms with Crippen LogP contribution in [0.4, 0.5) is 5.69 Å². The smallest absolute Gasteiger partial charge is 0.226 e. The number of hydrogen-bond donors (Lipinski definition) is 0. The fraction of sp³-hybridized carbons (Fsp3) is 0.200. The van der Waals surface area contributed by atoms with Gasteiger partial charge >= 0.3 is 0 Å². The molecule has 0 saturated heterocycles. The van der Waals surface area contributed by atoms with Gasteiger partial charge in [-0.3, -0.25) is 9.78 Å². The molecule has 3 heterocycles. The number of anilines is 1. The second kappa shape index (κ2) is 5.57. The number of rotatable bonds is 3. The normalized spacial score (nSPS) is 10.8. The third-order valence-corrected chi connectivity index (χ3v) is 4.25. The molecule has 6 heteroatoms. The minimum atomic E-state index is 0.0631. The van der Waals surface area contributed by atoms with E-state index in [0.717, 1.165) is 21.0 Å². The number of aromatic nitrogens is 3. The van der Waals surface area contributed by atoms with Crippen molar-refractivity contribution in [2.75, 3.05) is 11.9 Å². The van der Waals surface area contributed by atoms with E-state index < -0.39 is 0 Å². The SMILES string of the molecule is CCC(=O)N(C)c1cnc2nc(-c3cccnc3)sc2c1. The van der Waals surface area contributed by atoms with E-state index >= 15 is 0 Å². The quantitative estimate of drug-likeness (QED) is 0.745. The van der Waals surface area contributed by atoms with E-state index in [9.17, 15) is 4.79 Å². The zero-order chi connectivity index (χ0) is 14.8. The predicted molar refractivity (Wildman–Crippen MR) is 84.3 cm³/mol. The Morgan fingerprint density at radius 3 is 2.95 bits per heavy atom. The molecule has 1 amide bonds. The van der Waals surface area contributed by atoms with Crippen molar-refractivity contribution in [3.63, 3.8) is 0 Å². The maximum atomic E-state index is 11.8. The van der Waals surface area contributed by atoms with Gasteiger partial charge in [-0.25, -0.2) is 9.97 Å². The van der Waals surface area contributed by atoms with Gasteiger partial charge in [0.15, 0.2) is 5.65 Å². The molecule has 0 atom stereocenters. The van der Waals surface area contributed by atoms with Gasteiger partial charge in [0.25, 0.3) is 0 Å². The van der Waals surface area contributed by atoms with E-state index in [4.69, 9.17) is 0 Å². The van der Waals surface area contributed by atoms with Crippen LogP contribution in [0.1, 0.15) is 13.3 Å². The molecule has 0 unspecified atom stereocenters. The highest BCUT2D eigenvalue weighted by Gasteiger charge is 2.12. The Bertz CT molecular complexity index is 785. The molecule has 0 aliphatic rings. The average Bonchev–Trinajstić information content (AvgIpc) is 2.97. The topological polar surface area (TPSA) is 59.0 Å². The van der Waals surface area contributed by atoms with Crippen molar-refractivity contribution in [1.82, 2.24) is 15.0 Å². The largest absolute Gasteiger partial charge is 0.314 e. The Kier molecular flexibility index (Phi) is 3.62. The zero-order valence-electron chi connectivity index (χ0n) is 11.8. The molecule has 21 heavy (non-hydrogen) atoms. The lowest BCUT2D eigenvalue weighted by Crippen LogP contribution is -2.25.